The van der Waals surface area contributed by atoms with E-state index in [4.69, 9.17) is 40.3 Å². The third kappa shape index (κ3) is 4.71. The van der Waals surface area contributed by atoms with Crippen LogP contribution in [0.25, 0.3) is 11.0 Å². The van der Waals surface area contributed by atoms with Gasteiger partial charge in [0, 0.05) is 38.4 Å². The number of carbonyl (C=O) groups excluding carboxylic acids is 1. The highest BCUT2D eigenvalue weighted by Crippen LogP contribution is 2.63. The van der Waals surface area contributed by atoms with Gasteiger partial charge in [-0.2, -0.15) is 0 Å². The molecule has 0 amide bonds. The van der Waals surface area contributed by atoms with Crippen molar-refractivity contribution in [2.24, 2.45) is 11.8 Å². The van der Waals surface area contributed by atoms with E-state index in [1.165, 1.54) is 13.2 Å². The zero-order valence-electron chi connectivity index (χ0n) is 25.1. The maximum atomic E-state index is 15.5. The molecule has 234 valence electrons. The maximum Gasteiger partial charge on any atom is 0.338 e. The lowest BCUT2D eigenvalue weighted by molar-refractivity contribution is -0.0721. The first-order valence-electron chi connectivity index (χ1n) is 15.1. The minimum Gasteiger partial charge on any atom is -0.494 e. The molecule has 2 saturated heterocycles. The Kier molecular flexibility index (Phi) is 6.70. The summed E-state index contributed by atoms with van der Waals surface area (Å²) in [6.07, 6.45) is 2.60. The number of esters is 1. The molecule has 0 bridgehead atoms. The molecule has 4 aliphatic rings. The Hall–Kier alpha value is -3.93. The lowest BCUT2D eigenvalue weighted by Crippen LogP contribution is -2.33. The van der Waals surface area contributed by atoms with E-state index in [9.17, 15) is 4.79 Å². The highest BCUT2D eigenvalue weighted by molar-refractivity contribution is 6.30. The van der Waals surface area contributed by atoms with Crippen molar-refractivity contribution in [3.8, 4) is 17.2 Å². The predicted octanol–water partition coefficient (Wildman–Crippen LogP) is 5.30. The molecule has 12 heteroatoms. The highest BCUT2D eigenvalue weighted by Gasteiger charge is 2.59. The van der Waals surface area contributed by atoms with Gasteiger partial charge in [0.1, 0.15) is 28.6 Å². The van der Waals surface area contributed by atoms with Gasteiger partial charge in [-0.15, -0.1) is 0 Å². The molecule has 4 aromatic rings. The standard InChI is InChI=1S/C33H32ClFN4O6/c1-33(26-7-4-18(34)12-36-26)44-24-6-5-22(35)29(31(24)45-33)28-20-14-38(15-21(20)28)16-27-37-30-23(39(27)13-19-8-9-43-19)10-17(32(40)42-3)11-25(30)41-2/h4-7,10-12,19-21,28H,8-9,13-16H2,1-3H3/t19-,20?,21?,28?,33?/m0/s1. The van der Waals surface area contributed by atoms with Crippen LogP contribution in [0.4, 0.5) is 4.39 Å². The monoisotopic (exact) mass is 634 g/mol. The Morgan fingerprint density at radius 3 is 2.62 bits per heavy atom. The minimum absolute atomic E-state index is 0.0326. The van der Waals surface area contributed by atoms with Crippen LogP contribution in [0.5, 0.6) is 17.2 Å². The summed E-state index contributed by atoms with van der Waals surface area (Å²) < 4.78 is 46.5. The number of pyridine rings is 1. The zero-order chi connectivity index (χ0) is 31.0. The SMILES string of the molecule is COC(=O)c1cc(OC)c2nc(CN3CC4C(C3)C4c3c(F)ccc4c3OC(C)(c3ccc(Cl)cn3)O4)n(C[C@@H]3CCO3)c2c1. The molecule has 4 atom stereocenters. The van der Waals surface area contributed by atoms with Crippen LogP contribution in [0, 0.1) is 17.7 Å². The Bertz CT molecular complexity index is 1820. The van der Waals surface area contributed by atoms with Gasteiger partial charge in [0.2, 0.25) is 0 Å². The summed E-state index contributed by atoms with van der Waals surface area (Å²) in [6, 6.07) is 10.0. The molecule has 0 N–H and O–H groups in total. The molecule has 2 aromatic heterocycles. The van der Waals surface area contributed by atoms with Crippen LogP contribution in [0.2, 0.25) is 5.02 Å². The number of imidazole rings is 1. The maximum absolute atomic E-state index is 15.5. The summed E-state index contributed by atoms with van der Waals surface area (Å²) in [5.41, 5.74) is 3.04. The molecule has 8 rings (SSSR count). The van der Waals surface area contributed by atoms with Crippen molar-refractivity contribution >= 4 is 28.6 Å². The zero-order valence-corrected chi connectivity index (χ0v) is 25.8. The Morgan fingerprint density at radius 1 is 1.16 bits per heavy atom. The van der Waals surface area contributed by atoms with Gasteiger partial charge >= 0.3 is 5.97 Å². The summed E-state index contributed by atoms with van der Waals surface area (Å²) in [6.45, 7) is 5.34. The van der Waals surface area contributed by atoms with E-state index in [1.54, 1.807) is 44.5 Å². The Labute approximate surface area is 263 Å². The van der Waals surface area contributed by atoms with Crippen molar-refractivity contribution in [1.82, 2.24) is 19.4 Å². The van der Waals surface area contributed by atoms with Gasteiger partial charge in [-0.1, -0.05) is 11.6 Å². The van der Waals surface area contributed by atoms with Crippen molar-refractivity contribution in [2.45, 2.75) is 44.2 Å². The van der Waals surface area contributed by atoms with Gasteiger partial charge in [0.15, 0.2) is 11.5 Å². The molecule has 5 heterocycles. The van der Waals surface area contributed by atoms with Crippen LogP contribution in [-0.4, -0.2) is 65.4 Å². The molecule has 1 saturated carbocycles. The van der Waals surface area contributed by atoms with Crippen molar-refractivity contribution in [3.63, 3.8) is 0 Å². The lowest BCUT2D eigenvalue weighted by atomic mass is 10.0. The topological polar surface area (TPSA) is 97.2 Å². The van der Waals surface area contributed by atoms with Crippen molar-refractivity contribution < 1.29 is 32.9 Å². The van der Waals surface area contributed by atoms with Crippen LogP contribution < -0.4 is 14.2 Å². The van der Waals surface area contributed by atoms with Crippen LogP contribution in [0.15, 0.2) is 42.6 Å². The van der Waals surface area contributed by atoms with E-state index < -0.39 is 11.8 Å². The van der Waals surface area contributed by atoms with Gasteiger partial charge in [0.05, 0.1) is 49.5 Å². The summed E-state index contributed by atoms with van der Waals surface area (Å²) in [4.78, 5) is 24.2. The quantitative estimate of drug-likeness (QED) is 0.239. The minimum atomic E-state index is -1.18. The number of hydrogen-bond donors (Lipinski definition) is 0. The fourth-order valence-corrected chi connectivity index (χ4v) is 7.30. The second-order valence-corrected chi connectivity index (χ2v) is 12.7. The first kappa shape index (κ1) is 28.5. The van der Waals surface area contributed by atoms with Gasteiger partial charge in [-0.05, 0) is 60.6 Å². The average molecular weight is 635 g/mol. The first-order chi connectivity index (χ1) is 21.8. The average Bonchev–Trinajstić information content (AvgIpc) is 3.31. The highest BCUT2D eigenvalue weighted by atomic mass is 35.5. The number of rotatable bonds is 8. The Balaban J connectivity index is 1.04. The molecular formula is C33H32ClFN4O6. The number of halogens is 2. The molecule has 2 aromatic carbocycles. The fraction of sp³-hybridized carbons (Fsp3) is 0.424. The lowest BCUT2D eigenvalue weighted by Gasteiger charge is -2.28. The summed E-state index contributed by atoms with van der Waals surface area (Å²) in [5, 5.41) is 0.511. The van der Waals surface area contributed by atoms with Gasteiger partial charge < -0.3 is 28.3 Å². The number of methoxy groups -OCH3 is 2. The van der Waals surface area contributed by atoms with E-state index in [0.29, 0.717) is 57.7 Å². The molecule has 0 spiro atoms. The summed E-state index contributed by atoms with van der Waals surface area (Å²) in [7, 11) is 2.93. The smallest absolute Gasteiger partial charge is 0.338 e. The molecule has 45 heavy (non-hydrogen) atoms. The third-order valence-corrected chi connectivity index (χ3v) is 9.81. The number of nitrogens with zero attached hydrogens (tertiary/aromatic N) is 4. The first-order valence-corrected chi connectivity index (χ1v) is 15.5. The number of carbonyl (C=O) groups is 1. The number of ether oxygens (including phenoxy) is 5. The van der Waals surface area contributed by atoms with Crippen molar-refractivity contribution in [2.75, 3.05) is 33.9 Å². The molecule has 3 fully saturated rings. The van der Waals surface area contributed by atoms with E-state index >= 15 is 4.39 Å². The van der Waals surface area contributed by atoms with E-state index in [-0.39, 0.29) is 29.7 Å². The summed E-state index contributed by atoms with van der Waals surface area (Å²) in [5.74, 6) is 1.05. The number of hydrogen-bond acceptors (Lipinski definition) is 9. The van der Waals surface area contributed by atoms with Crippen LogP contribution in [-0.2, 0) is 28.4 Å². The summed E-state index contributed by atoms with van der Waals surface area (Å²) >= 11 is 6.03. The largest absolute Gasteiger partial charge is 0.494 e. The number of aromatic nitrogens is 3. The Morgan fingerprint density at radius 2 is 1.96 bits per heavy atom. The molecule has 3 unspecified atom stereocenters. The van der Waals surface area contributed by atoms with E-state index in [0.717, 1.165) is 37.5 Å². The molecule has 10 nitrogen and oxygen atoms in total. The van der Waals surface area contributed by atoms with Crippen LogP contribution in [0.1, 0.15) is 46.7 Å². The molecule has 0 radical (unpaired) electrons. The number of likely N-dealkylation sites (tertiary alicyclic amines) is 1. The molecule has 1 aliphatic carbocycles. The number of piperidine rings is 1. The van der Waals surface area contributed by atoms with Gasteiger partial charge in [-0.25, -0.2) is 14.2 Å². The number of benzene rings is 2. The van der Waals surface area contributed by atoms with E-state index in [1.807, 2.05) is 6.07 Å². The van der Waals surface area contributed by atoms with Gasteiger partial charge in [-0.3, -0.25) is 9.88 Å². The molecule has 3 aliphatic heterocycles. The third-order valence-electron chi connectivity index (χ3n) is 9.59. The van der Waals surface area contributed by atoms with Crippen molar-refractivity contribution in [1.29, 1.82) is 0 Å². The predicted molar refractivity (Wildman–Crippen MR) is 161 cm³/mol. The van der Waals surface area contributed by atoms with Gasteiger partial charge in [0.25, 0.3) is 5.79 Å². The number of fused-ring (bicyclic) bond motifs is 3. The second kappa shape index (κ2) is 10.6. The van der Waals surface area contributed by atoms with Crippen molar-refractivity contribution in [3.05, 3.63) is 76.1 Å². The second-order valence-electron chi connectivity index (χ2n) is 12.3. The fourth-order valence-electron chi connectivity index (χ4n) is 7.18. The molecular weight excluding hydrogens is 603 g/mol. The van der Waals surface area contributed by atoms with Crippen LogP contribution in [0.3, 0.4) is 0 Å². The normalized spacial score (nSPS) is 26.5. The van der Waals surface area contributed by atoms with E-state index in [2.05, 4.69) is 14.5 Å². The van der Waals surface area contributed by atoms with Crippen LogP contribution >= 0.6 is 11.6 Å².